The second-order valence-electron chi connectivity index (χ2n) is 13.8. The van der Waals surface area contributed by atoms with E-state index in [0.717, 1.165) is 11.5 Å². The van der Waals surface area contributed by atoms with Gasteiger partial charge in [0.25, 0.3) is 0 Å². The Morgan fingerprint density at radius 3 is 2.54 bits per heavy atom. The molecule has 48 heavy (non-hydrogen) atoms. The maximum atomic E-state index is 14.1. The van der Waals surface area contributed by atoms with Crippen molar-refractivity contribution in [2.75, 3.05) is 32.6 Å². The van der Waals surface area contributed by atoms with E-state index in [1.54, 1.807) is 36.7 Å². The summed E-state index contributed by atoms with van der Waals surface area (Å²) in [5.74, 6) is -2.29. The molecule has 4 heterocycles. The molecule has 0 saturated carbocycles. The van der Waals surface area contributed by atoms with Crippen LogP contribution in [0.3, 0.4) is 0 Å². The molecule has 0 unspecified atom stereocenters. The summed E-state index contributed by atoms with van der Waals surface area (Å²) in [6.07, 6.45) is 1.79. The first-order valence-corrected chi connectivity index (χ1v) is 17.5. The summed E-state index contributed by atoms with van der Waals surface area (Å²) >= 11 is 1.08. The van der Waals surface area contributed by atoms with E-state index < -0.39 is 53.9 Å². The number of fused-ring (bicyclic) bond motifs is 1. The molecular weight excluding hydrogens is 642 g/mol. The number of aromatic nitrogens is 5. The number of rotatable bonds is 9. The van der Waals surface area contributed by atoms with Crippen molar-refractivity contribution in [3.63, 3.8) is 0 Å². The van der Waals surface area contributed by atoms with E-state index in [2.05, 4.69) is 31.9 Å². The van der Waals surface area contributed by atoms with Crippen molar-refractivity contribution in [3.05, 3.63) is 6.20 Å². The van der Waals surface area contributed by atoms with E-state index in [1.165, 1.54) is 6.92 Å². The normalized spacial score (nSPS) is 33.9. The van der Waals surface area contributed by atoms with Gasteiger partial charge in [-0.15, -0.1) is 5.10 Å². The highest BCUT2D eigenvalue weighted by molar-refractivity contribution is 7.09. The predicted octanol–water partition coefficient (Wildman–Crippen LogP) is 2.70. The number of nitrogen functional groups attached to an aromatic ring is 1. The Morgan fingerprint density at radius 2 is 1.90 bits per heavy atom. The smallest absolute Gasteiger partial charge is 0.410 e. The fraction of sp³-hybridized carbons (Fsp3) is 0.774. The molecule has 0 aromatic carbocycles. The molecule has 2 aromatic rings. The van der Waals surface area contributed by atoms with Crippen LogP contribution in [0.25, 0.3) is 11.5 Å². The van der Waals surface area contributed by atoms with Crippen molar-refractivity contribution in [1.29, 1.82) is 0 Å². The molecule has 14 nitrogen and oxygen atoms in total. The van der Waals surface area contributed by atoms with E-state index in [0.29, 0.717) is 55.5 Å². The fourth-order valence-corrected chi connectivity index (χ4v) is 7.64. The fourth-order valence-electron chi connectivity index (χ4n) is 7.20. The number of halogens is 1. The van der Waals surface area contributed by atoms with E-state index >= 15 is 0 Å². The molecule has 3 N–H and O–H groups in total. The van der Waals surface area contributed by atoms with Crippen LogP contribution in [-0.4, -0.2) is 111 Å². The summed E-state index contributed by atoms with van der Waals surface area (Å²) in [6, 6.07) is -0.932. The summed E-state index contributed by atoms with van der Waals surface area (Å²) in [5, 5.41) is 12.2. The van der Waals surface area contributed by atoms with Gasteiger partial charge in [0.2, 0.25) is 0 Å². The molecule has 0 aliphatic carbocycles. The van der Waals surface area contributed by atoms with Gasteiger partial charge < -0.3 is 25.3 Å². The van der Waals surface area contributed by atoms with Crippen LogP contribution < -0.4 is 11.1 Å². The molecule has 2 saturated heterocycles. The molecule has 9 atom stereocenters. The van der Waals surface area contributed by atoms with Crippen LogP contribution in [0.5, 0.6) is 0 Å². The number of nitrogens with two attached hydrogens (primary N) is 1. The van der Waals surface area contributed by atoms with Gasteiger partial charge in [-0.2, -0.15) is 9.36 Å². The Hall–Kier alpha value is -3.18. The monoisotopic (exact) mass is 692 g/mol. The van der Waals surface area contributed by atoms with Gasteiger partial charge in [-0.1, -0.05) is 19.1 Å². The van der Waals surface area contributed by atoms with Crippen molar-refractivity contribution in [2.45, 2.75) is 109 Å². The van der Waals surface area contributed by atoms with Gasteiger partial charge in [0.1, 0.15) is 25.7 Å². The van der Waals surface area contributed by atoms with Gasteiger partial charge in [0, 0.05) is 50.1 Å². The van der Waals surface area contributed by atoms with Crippen LogP contribution in [0.1, 0.15) is 67.2 Å². The quantitative estimate of drug-likeness (QED) is 0.170. The highest BCUT2D eigenvalue weighted by atomic mass is 32.1. The predicted molar refractivity (Wildman–Crippen MR) is 181 cm³/mol. The minimum Gasteiger partial charge on any atom is -0.457 e. The first kappa shape index (κ1) is 37.6. The number of esters is 1. The number of hydrogen-bond donors (Lipinski definition) is 2. The van der Waals surface area contributed by atoms with Crippen LogP contribution in [0.4, 0.5) is 14.3 Å². The third kappa shape index (κ3) is 7.99. The number of amides is 1. The third-order valence-electron chi connectivity index (χ3n) is 10.4. The van der Waals surface area contributed by atoms with E-state index in [-0.39, 0.29) is 30.0 Å². The van der Waals surface area contributed by atoms with Gasteiger partial charge in [-0.3, -0.25) is 23.6 Å². The number of unbranched alkanes of at least 4 members (excludes halogenated alkanes) is 1. The van der Waals surface area contributed by atoms with E-state index in [1.807, 2.05) is 21.7 Å². The Labute approximate surface area is 286 Å². The molecule has 0 spiro atoms. The molecule has 1 amide bonds. The van der Waals surface area contributed by atoms with Gasteiger partial charge in [0.05, 0.1) is 24.5 Å². The number of carbonyl (C=O) groups is 3. The van der Waals surface area contributed by atoms with E-state index in [9.17, 15) is 18.8 Å². The number of hydrogen-bond acceptors (Lipinski definition) is 13. The van der Waals surface area contributed by atoms with E-state index in [4.69, 9.17) is 19.9 Å². The number of alkyl halides is 1. The summed E-state index contributed by atoms with van der Waals surface area (Å²) in [5.41, 5.74) is 4.18. The van der Waals surface area contributed by atoms with Crippen molar-refractivity contribution in [3.8, 4) is 11.5 Å². The lowest BCUT2D eigenvalue weighted by Crippen LogP contribution is -2.61. The number of nitrogens with zero attached hydrogens (tertiary/aromatic N) is 6. The first-order valence-electron chi connectivity index (χ1n) is 16.7. The van der Waals surface area contributed by atoms with Gasteiger partial charge >= 0.3 is 12.1 Å². The number of anilines is 1. The van der Waals surface area contributed by atoms with Gasteiger partial charge in [-0.25, -0.2) is 4.79 Å². The van der Waals surface area contributed by atoms with Crippen molar-refractivity contribution in [2.24, 2.45) is 17.8 Å². The van der Waals surface area contributed by atoms with Crippen molar-refractivity contribution < 1.29 is 33.0 Å². The highest BCUT2D eigenvalue weighted by Gasteiger charge is 2.58. The van der Waals surface area contributed by atoms with Crippen LogP contribution in [0.2, 0.25) is 5.82 Å². The maximum absolute atomic E-state index is 14.1. The molecule has 2 aromatic heterocycles. The Balaban J connectivity index is 1.56. The molecular formula is C31H50BFN8O6S. The molecule has 0 radical (unpaired) electrons. The summed E-state index contributed by atoms with van der Waals surface area (Å²) in [4.78, 5) is 46.4. The van der Waals surface area contributed by atoms with Gasteiger partial charge in [0.15, 0.2) is 22.3 Å². The third-order valence-corrected chi connectivity index (χ3v) is 10.9. The lowest BCUT2D eigenvalue weighted by Gasteiger charge is -2.41. The summed E-state index contributed by atoms with van der Waals surface area (Å²) in [6.45, 7) is 11.7. The number of Topliss-reactive ketones (excluding diaryl/α,β-unsaturated/α-hetero) is 1. The van der Waals surface area contributed by atoms with Gasteiger partial charge in [-0.05, 0) is 65.2 Å². The number of aryl methyl sites for hydroxylation is 1. The average molecular weight is 693 g/mol. The standard InChI is InChI=1S/C31H50BFN8O6S/c1-17-14-30(5,45-7)24(32)18(2)23(42)19(3)27(43)46-22(10-11-33)31(6)25(20(4)35-15-17)41(29(44)47-31)13-9-8-12-40-16-21(37-39-40)26-36-28(34)48-38-26/h16-20,22,24-25,35H,8-15,32H2,1-7H3,(H2,34,36,38)/t17-,18+,19-,20-,22-,24-,25-,30-,31-/m1/s1. The van der Waals surface area contributed by atoms with Crippen molar-refractivity contribution in [1.82, 2.24) is 34.6 Å². The molecule has 2 aliphatic rings. The minimum atomic E-state index is -1.39. The number of ketones is 1. The summed E-state index contributed by atoms with van der Waals surface area (Å²) in [7, 11) is 3.61. The van der Waals surface area contributed by atoms with Crippen molar-refractivity contribution >= 4 is 42.4 Å². The van der Waals surface area contributed by atoms with Crippen LogP contribution in [-0.2, 0) is 30.3 Å². The zero-order valence-corrected chi connectivity index (χ0v) is 30.1. The topological polar surface area (TPSA) is 177 Å². The van der Waals surface area contributed by atoms with Crippen LogP contribution in [0, 0.1) is 17.8 Å². The number of carbonyl (C=O) groups excluding carboxylic acids is 3. The second kappa shape index (κ2) is 15.6. The molecule has 0 bridgehead atoms. The number of nitrogens with one attached hydrogen (secondary N) is 1. The second-order valence-corrected chi connectivity index (χ2v) is 14.6. The number of methoxy groups -OCH3 is 1. The SMILES string of the molecule is B[C@@H]1[C@@H](C)C(=O)[C@@H](C)C(=O)O[C@H](CCF)[C@@]2(C)OC(=O)N(CCCCn3cc(-c4nsc(N)n4)nn3)[C@@H]2[C@@H](C)NC[C@H](C)C[C@@]1(C)OC. The Bertz CT molecular complexity index is 1430. The lowest BCUT2D eigenvalue weighted by atomic mass is 9.62. The first-order chi connectivity index (χ1) is 22.6. The zero-order valence-electron chi connectivity index (χ0n) is 29.3. The summed E-state index contributed by atoms with van der Waals surface area (Å²) < 4.78 is 37.9. The Morgan fingerprint density at radius 1 is 1.19 bits per heavy atom. The lowest BCUT2D eigenvalue weighted by molar-refractivity contribution is -0.171. The molecule has 2 aliphatic heterocycles. The number of cyclic esters (lactones) is 1. The molecule has 4 rings (SSSR count). The number of ether oxygens (including phenoxy) is 3. The average Bonchev–Trinajstić information content (AvgIpc) is 3.77. The van der Waals surface area contributed by atoms with Crippen LogP contribution >= 0.6 is 11.5 Å². The van der Waals surface area contributed by atoms with Crippen LogP contribution in [0.15, 0.2) is 6.20 Å². The molecule has 2 fully saturated rings. The largest absolute Gasteiger partial charge is 0.457 e. The molecule has 17 heteroatoms. The Kier molecular flexibility index (Phi) is 12.2. The minimum absolute atomic E-state index is 0.130. The zero-order chi connectivity index (χ0) is 35.4. The molecule has 266 valence electrons. The highest BCUT2D eigenvalue weighted by Crippen LogP contribution is 2.40. The maximum Gasteiger partial charge on any atom is 0.410 e.